The van der Waals surface area contributed by atoms with Crippen molar-refractivity contribution >= 4 is 5.97 Å². The lowest BCUT2D eigenvalue weighted by molar-refractivity contribution is -0.137. The van der Waals surface area contributed by atoms with Gasteiger partial charge in [0.2, 0.25) is 0 Å². The Bertz CT molecular complexity index is 381. The van der Waals surface area contributed by atoms with Crippen molar-refractivity contribution in [2.24, 2.45) is 5.41 Å². The molecule has 0 heterocycles. The summed E-state index contributed by atoms with van der Waals surface area (Å²) < 4.78 is 0. The van der Waals surface area contributed by atoms with Crippen molar-refractivity contribution in [1.82, 2.24) is 0 Å². The molecule has 0 bridgehead atoms. The topological polar surface area (TPSA) is 37.3 Å². The van der Waals surface area contributed by atoms with Crippen molar-refractivity contribution < 1.29 is 9.90 Å². The van der Waals surface area contributed by atoms with Gasteiger partial charge in [-0.2, -0.15) is 0 Å². The predicted molar refractivity (Wildman–Crippen MR) is 58.8 cm³/mol. The minimum Gasteiger partial charge on any atom is -0.481 e. The zero-order valence-corrected chi connectivity index (χ0v) is 9.16. The van der Waals surface area contributed by atoms with Crippen LogP contribution in [0.4, 0.5) is 0 Å². The summed E-state index contributed by atoms with van der Waals surface area (Å²) in [4.78, 5) is 10.9. The summed E-state index contributed by atoms with van der Waals surface area (Å²) in [5, 5.41) is 8.98. The van der Waals surface area contributed by atoms with Crippen LogP contribution in [-0.2, 0) is 10.2 Å². The Morgan fingerprint density at radius 2 is 1.87 bits per heavy atom. The molecule has 1 N–H and O–H groups in total. The third kappa shape index (κ3) is 1.54. The quantitative estimate of drug-likeness (QED) is 0.822. The number of hydrogen-bond acceptors (Lipinski definition) is 1. The van der Waals surface area contributed by atoms with E-state index in [9.17, 15) is 4.79 Å². The molecule has 0 unspecified atom stereocenters. The Labute approximate surface area is 89.9 Å². The minimum absolute atomic E-state index is 0.118. The van der Waals surface area contributed by atoms with E-state index >= 15 is 0 Å². The maximum absolute atomic E-state index is 10.9. The smallest absolute Gasteiger partial charge is 0.304 e. The Morgan fingerprint density at radius 1 is 1.33 bits per heavy atom. The van der Waals surface area contributed by atoms with Crippen LogP contribution in [0, 0.1) is 5.41 Å². The number of benzene rings is 1. The molecule has 1 aliphatic carbocycles. The van der Waals surface area contributed by atoms with Gasteiger partial charge in [0.05, 0.1) is 6.42 Å². The fraction of sp³-hybridized carbons (Fsp3) is 0.462. The first-order valence-electron chi connectivity index (χ1n) is 5.25. The van der Waals surface area contributed by atoms with Crippen LogP contribution in [-0.4, -0.2) is 11.1 Å². The van der Waals surface area contributed by atoms with E-state index in [1.54, 1.807) is 0 Å². The van der Waals surface area contributed by atoms with Crippen LogP contribution in [0.5, 0.6) is 0 Å². The molecule has 0 aromatic heterocycles. The second kappa shape index (κ2) is 3.09. The first kappa shape index (κ1) is 10.2. The molecule has 1 atom stereocenters. The molecule has 1 aliphatic rings. The average molecular weight is 204 g/mol. The summed E-state index contributed by atoms with van der Waals surface area (Å²) in [5.74, 6) is -0.704. The van der Waals surface area contributed by atoms with Gasteiger partial charge >= 0.3 is 5.97 Å². The molecule has 15 heavy (non-hydrogen) atoms. The third-order valence-electron chi connectivity index (χ3n) is 3.69. The summed E-state index contributed by atoms with van der Waals surface area (Å²) in [6, 6.07) is 10.0. The van der Waals surface area contributed by atoms with E-state index in [0.717, 1.165) is 12.0 Å². The molecule has 2 nitrogen and oxygen atoms in total. The van der Waals surface area contributed by atoms with E-state index in [1.165, 1.54) is 0 Å². The van der Waals surface area contributed by atoms with E-state index in [-0.39, 0.29) is 17.3 Å². The van der Waals surface area contributed by atoms with Crippen LogP contribution in [0.3, 0.4) is 0 Å². The molecule has 1 aromatic rings. The summed E-state index contributed by atoms with van der Waals surface area (Å²) >= 11 is 0. The molecule has 80 valence electrons. The lowest BCUT2D eigenvalue weighted by atomic mass is 9.85. The average Bonchev–Trinajstić information content (AvgIpc) is 2.70. The van der Waals surface area contributed by atoms with Crippen LogP contribution in [0.2, 0.25) is 0 Å². The van der Waals surface area contributed by atoms with Gasteiger partial charge in [0.1, 0.15) is 0 Å². The van der Waals surface area contributed by atoms with E-state index in [4.69, 9.17) is 5.11 Å². The number of carboxylic acid groups (broad SMARTS) is 1. The third-order valence-corrected chi connectivity index (χ3v) is 3.69. The van der Waals surface area contributed by atoms with Crippen LogP contribution in [0.25, 0.3) is 0 Å². The number of aliphatic carboxylic acids is 1. The fourth-order valence-corrected chi connectivity index (χ4v) is 2.62. The second-order valence-electron chi connectivity index (χ2n) is 5.08. The van der Waals surface area contributed by atoms with Gasteiger partial charge in [0.15, 0.2) is 0 Å². The summed E-state index contributed by atoms with van der Waals surface area (Å²) in [6.07, 6.45) is 1.21. The Morgan fingerprint density at radius 3 is 2.27 bits per heavy atom. The van der Waals surface area contributed by atoms with Crippen LogP contribution >= 0.6 is 0 Å². The lowest BCUT2D eigenvalue weighted by Gasteiger charge is -2.18. The largest absolute Gasteiger partial charge is 0.481 e. The van der Waals surface area contributed by atoms with E-state index in [2.05, 4.69) is 13.8 Å². The monoisotopic (exact) mass is 204 g/mol. The molecule has 1 aromatic carbocycles. The van der Waals surface area contributed by atoms with Gasteiger partial charge in [-0.1, -0.05) is 44.2 Å². The molecule has 0 saturated heterocycles. The zero-order chi connectivity index (χ0) is 11.1. The predicted octanol–water partition coefficient (Wildman–Crippen LogP) is 2.83. The number of carboxylic acids is 1. The van der Waals surface area contributed by atoms with Gasteiger partial charge < -0.3 is 5.11 Å². The summed E-state index contributed by atoms with van der Waals surface area (Å²) in [6.45, 7) is 4.28. The Kier molecular flexibility index (Phi) is 2.10. The SMILES string of the molecule is CC1(C)C[C@@]1(CC(=O)O)c1ccccc1. The van der Waals surface area contributed by atoms with Crippen molar-refractivity contribution in [3.8, 4) is 0 Å². The highest BCUT2D eigenvalue weighted by atomic mass is 16.4. The van der Waals surface area contributed by atoms with Gasteiger partial charge in [-0.3, -0.25) is 4.79 Å². The van der Waals surface area contributed by atoms with Crippen molar-refractivity contribution in [2.75, 3.05) is 0 Å². The minimum atomic E-state index is -0.704. The molecule has 0 amide bonds. The molecule has 2 rings (SSSR count). The summed E-state index contributed by atoms with van der Waals surface area (Å²) in [7, 11) is 0. The van der Waals surface area contributed by atoms with Crippen molar-refractivity contribution in [1.29, 1.82) is 0 Å². The van der Waals surface area contributed by atoms with Gasteiger partial charge in [-0.05, 0) is 17.4 Å². The van der Waals surface area contributed by atoms with Gasteiger partial charge in [0, 0.05) is 5.41 Å². The molecule has 2 heteroatoms. The highest BCUT2D eigenvalue weighted by Crippen LogP contribution is 2.66. The summed E-state index contributed by atoms with van der Waals surface area (Å²) in [5.41, 5.74) is 1.14. The van der Waals surface area contributed by atoms with Crippen molar-refractivity contribution in [3.63, 3.8) is 0 Å². The van der Waals surface area contributed by atoms with Crippen molar-refractivity contribution in [3.05, 3.63) is 35.9 Å². The first-order chi connectivity index (χ1) is 6.98. The van der Waals surface area contributed by atoms with Gasteiger partial charge in [-0.25, -0.2) is 0 Å². The highest BCUT2D eigenvalue weighted by molar-refractivity contribution is 5.70. The van der Waals surface area contributed by atoms with Crippen LogP contribution in [0.1, 0.15) is 32.3 Å². The molecule has 0 radical (unpaired) electrons. The number of rotatable bonds is 3. The molecule has 0 aliphatic heterocycles. The van der Waals surface area contributed by atoms with Gasteiger partial charge in [-0.15, -0.1) is 0 Å². The molecule has 0 spiro atoms. The van der Waals surface area contributed by atoms with E-state index in [1.807, 2.05) is 30.3 Å². The normalized spacial score (nSPS) is 27.3. The Balaban J connectivity index is 2.35. The maximum Gasteiger partial charge on any atom is 0.304 e. The van der Waals surface area contributed by atoms with Crippen LogP contribution < -0.4 is 0 Å². The second-order valence-corrected chi connectivity index (χ2v) is 5.08. The molecular weight excluding hydrogens is 188 g/mol. The zero-order valence-electron chi connectivity index (χ0n) is 9.16. The first-order valence-corrected chi connectivity index (χ1v) is 5.25. The highest BCUT2D eigenvalue weighted by Gasteiger charge is 2.62. The maximum atomic E-state index is 10.9. The lowest BCUT2D eigenvalue weighted by Crippen LogP contribution is -2.19. The van der Waals surface area contributed by atoms with E-state index < -0.39 is 5.97 Å². The number of carbonyl (C=O) groups is 1. The van der Waals surface area contributed by atoms with Gasteiger partial charge in [0.25, 0.3) is 0 Å². The number of hydrogen-bond donors (Lipinski definition) is 1. The Hall–Kier alpha value is -1.31. The standard InChI is InChI=1S/C13H16O2/c1-12(2)9-13(12,8-11(14)15)10-6-4-3-5-7-10/h3-7H,8-9H2,1-2H3,(H,14,15)/t13-/m0/s1. The van der Waals surface area contributed by atoms with Crippen LogP contribution in [0.15, 0.2) is 30.3 Å². The van der Waals surface area contributed by atoms with Crippen molar-refractivity contribution in [2.45, 2.75) is 32.1 Å². The fourth-order valence-electron chi connectivity index (χ4n) is 2.62. The van der Waals surface area contributed by atoms with E-state index in [0.29, 0.717) is 0 Å². The molecule has 1 fully saturated rings. The molecular formula is C13H16O2. The molecule has 1 saturated carbocycles.